The highest BCUT2D eigenvalue weighted by Gasteiger charge is 2.44. The van der Waals surface area contributed by atoms with Gasteiger partial charge in [-0.1, -0.05) is 24.3 Å². The molecular weight excluding hydrogens is 374 g/mol. The predicted molar refractivity (Wildman–Crippen MR) is 104 cm³/mol. The van der Waals surface area contributed by atoms with Crippen LogP contribution in [0.1, 0.15) is 29.7 Å². The van der Waals surface area contributed by atoms with E-state index in [0.717, 1.165) is 19.4 Å². The summed E-state index contributed by atoms with van der Waals surface area (Å²) in [7, 11) is 0. The third kappa shape index (κ3) is 3.06. The van der Waals surface area contributed by atoms with Crippen LogP contribution in [0.2, 0.25) is 0 Å². The zero-order chi connectivity index (χ0) is 20.0. The molecule has 0 bridgehead atoms. The molecule has 0 spiro atoms. The van der Waals surface area contributed by atoms with Gasteiger partial charge in [-0.25, -0.2) is 15.0 Å². The number of fused-ring (bicyclic) bond motifs is 2. The number of nitrogens with one attached hydrogen (secondary N) is 1. The number of aromatic nitrogens is 4. The van der Waals surface area contributed by atoms with Crippen molar-refractivity contribution in [1.82, 2.24) is 19.5 Å². The van der Waals surface area contributed by atoms with Gasteiger partial charge in [0, 0.05) is 12.5 Å². The fourth-order valence-corrected chi connectivity index (χ4v) is 4.35. The van der Waals surface area contributed by atoms with Crippen LogP contribution in [0, 0.1) is 0 Å². The molecule has 1 saturated heterocycles. The van der Waals surface area contributed by atoms with Gasteiger partial charge in [-0.15, -0.1) is 0 Å². The minimum absolute atomic E-state index is 0.383. The summed E-state index contributed by atoms with van der Waals surface area (Å²) in [5.41, 5.74) is 3.84. The second kappa shape index (κ2) is 7.34. The van der Waals surface area contributed by atoms with E-state index in [2.05, 4.69) is 44.5 Å². The second-order valence-corrected chi connectivity index (χ2v) is 7.59. The van der Waals surface area contributed by atoms with Crippen LogP contribution in [0.4, 0.5) is 5.82 Å². The Labute approximate surface area is 167 Å². The van der Waals surface area contributed by atoms with E-state index in [1.54, 1.807) is 4.57 Å². The maximum absolute atomic E-state index is 10.3. The molecule has 2 aromatic heterocycles. The van der Waals surface area contributed by atoms with Gasteiger partial charge in [0.25, 0.3) is 0 Å². The van der Waals surface area contributed by atoms with Gasteiger partial charge < -0.3 is 25.4 Å². The minimum Gasteiger partial charge on any atom is -0.394 e. The average molecular weight is 397 g/mol. The van der Waals surface area contributed by atoms with Gasteiger partial charge >= 0.3 is 0 Å². The number of rotatable bonds is 5. The maximum atomic E-state index is 10.3. The van der Waals surface area contributed by atoms with Crippen LogP contribution in [0.3, 0.4) is 0 Å². The number of aliphatic hydroxyl groups is 3. The van der Waals surface area contributed by atoms with Crippen molar-refractivity contribution in [1.29, 1.82) is 0 Å². The standard InChI is InChI=1S/C20H23N5O4/c26-8-14-16(27)17(28)20(29-14)25-10-24-15-18(22-9-23-19(15)25)21-7-12-6-5-11-3-1-2-4-13(11)12/h1-4,9-10,12,14,16-17,20,26-28H,5-8H2,(H,21,22,23)/t12?,14-,16?,17?,20-/m1/s1. The molecule has 2 aliphatic rings. The quantitative estimate of drug-likeness (QED) is 0.493. The molecule has 4 N–H and O–H groups in total. The molecule has 9 nitrogen and oxygen atoms in total. The Morgan fingerprint density at radius 1 is 1.14 bits per heavy atom. The Hall–Kier alpha value is -2.59. The normalized spacial score (nSPS) is 28.7. The van der Waals surface area contributed by atoms with Gasteiger partial charge in [-0.05, 0) is 24.0 Å². The number of hydrogen-bond acceptors (Lipinski definition) is 8. The van der Waals surface area contributed by atoms with E-state index >= 15 is 0 Å². The van der Waals surface area contributed by atoms with Crippen molar-refractivity contribution in [3.05, 3.63) is 48.0 Å². The average Bonchev–Trinajstić information content (AvgIpc) is 3.43. The van der Waals surface area contributed by atoms with Crippen molar-refractivity contribution in [3.8, 4) is 0 Å². The lowest BCUT2D eigenvalue weighted by atomic mass is 10.0. The largest absolute Gasteiger partial charge is 0.394 e. The van der Waals surface area contributed by atoms with Crippen molar-refractivity contribution < 1.29 is 20.1 Å². The number of hydrogen-bond donors (Lipinski definition) is 4. The lowest BCUT2D eigenvalue weighted by Gasteiger charge is -2.17. The third-order valence-electron chi connectivity index (χ3n) is 5.92. The van der Waals surface area contributed by atoms with Crippen LogP contribution in [0.25, 0.3) is 11.2 Å². The number of aryl methyl sites for hydroxylation is 1. The van der Waals surface area contributed by atoms with Crippen molar-refractivity contribution >= 4 is 17.0 Å². The number of benzene rings is 1. The molecule has 1 aliphatic heterocycles. The number of nitrogens with zero attached hydrogens (tertiary/aromatic N) is 4. The highest BCUT2D eigenvalue weighted by Crippen LogP contribution is 2.34. The smallest absolute Gasteiger partial charge is 0.167 e. The molecule has 1 aliphatic carbocycles. The number of aliphatic hydroxyl groups excluding tert-OH is 3. The first-order valence-corrected chi connectivity index (χ1v) is 9.79. The van der Waals surface area contributed by atoms with Crippen molar-refractivity contribution in [2.45, 2.75) is 43.3 Å². The topological polar surface area (TPSA) is 126 Å². The second-order valence-electron chi connectivity index (χ2n) is 7.59. The van der Waals surface area contributed by atoms with E-state index in [9.17, 15) is 15.3 Å². The van der Waals surface area contributed by atoms with Crippen molar-refractivity contribution in [2.75, 3.05) is 18.5 Å². The molecule has 3 aromatic rings. The lowest BCUT2D eigenvalue weighted by molar-refractivity contribution is -0.0511. The van der Waals surface area contributed by atoms with E-state index in [1.807, 2.05) is 0 Å². The fourth-order valence-electron chi connectivity index (χ4n) is 4.35. The van der Waals surface area contributed by atoms with Crippen LogP contribution in [-0.2, 0) is 11.2 Å². The molecule has 3 unspecified atom stereocenters. The highest BCUT2D eigenvalue weighted by molar-refractivity contribution is 5.82. The molecule has 0 saturated carbocycles. The van der Waals surface area contributed by atoms with E-state index < -0.39 is 24.5 Å². The van der Waals surface area contributed by atoms with Crippen LogP contribution in [-0.4, -0.2) is 66.3 Å². The first-order valence-electron chi connectivity index (χ1n) is 9.79. The fraction of sp³-hybridized carbons (Fsp3) is 0.450. The third-order valence-corrected chi connectivity index (χ3v) is 5.92. The Bertz CT molecular complexity index is 1030. The van der Waals surface area contributed by atoms with Crippen molar-refractivity contribution in [2.24, 2.45) is 0 Å². The molecule has 3 heterocycles. The number of ether oxygens (including phenoxy) is 1. The predicted octanol–water partition coefficient (Wildman–Crippen LogP) is 0.580. The van der Waals surface area contributed by atoms with Gasteiger partial charge in [-0.3, -0.25) is 4.57 Å². The zero-order valence-corrected chi connectivity index (χ0v) is 15.7. The van der Waals surface area contributed by atoms with Crippen LogP contribution >= 0.6 is 0 Å². The van der Waals surface area contributed by atoms with Crippen molar-refractivity contribution in [3.63, 3.8) is 0 Å². The first-order chi connectivity index (χ1) is 14.2. The van der Waals surface area contributed by atoms with Gasteiger partial charge in [0.15, 0.2) is 23.2 Å². The summed E-state index contributed by atoms with van der Waals surface area (Å²) in [5, 5.41) is 33.0. The Kier molecular flexibility index (Phi) is 4.67. The van der Waals surface area contributed by atoms with Crippen LogP contribution < -0.4 is 5.32 Å². The van der Waals surface area contributed by atoms with Gasteiger partial charge in [0.2, 0.25) is 0 Å². The molecule has 5 atom stereocenters. The van der Waals surface area contributed by atoms with Gasteiger partial charge in [0.05, 0.1) is 12.9 Å². The van der Waals surface area contributed by atoms with E-state index in [1.165, 1.54) is 23.8 Å². The lowest BCUT2D eigenvalue weighted by Crippen LogP contribution is -2.33. The number of imidazole rings is 1. The minimum atomic E-state index is -1.19. The molecule has 152 valence electrons. The molecule has 9 heteroatoms. The molecule has 1 fully saturated rings. The number of anilines is 1. The molecule has 29 heavy (non-hydrogen) atoms. The van der Waals surface area contributed by atoms with E-state index in [-0.39, 0.29) is 6.61 Å². The zero-order valence-electron chi connectivity index (χ0n) is 15.7. The van der Waals surface area contributed by atoms with Gasteiger partial charge in [0.1, 0.15) is 24.6 Å². The summed E-state index contributed by atoms with van der Waals surface area (Å²) in [6, 6.07) is 8.51. The summed E-state index contributed by atoms with van der Waals surface area (Å²) in [5.74, 6) is 1.03. The van der Waals surface area contributed by atoms with Crippen LogP contribution in [0.15, 0.2) is 36.9 Å². The summed E-state index contributed by atoms with van der Waals surface area (Å²) >= 11 is 0. The summed E-state index contributed by atoms with van der Waals surface area (Å²) in [4.78, 5) is 13.0. The maximum Gasteiger partial charge on any atom is 0.167 e. The molecule has 0 radical (unpaired) electrons. The summed E-state index contributed by atoms with van der Waals surface area (Å²) in [6.07, 6.45) is 1.03. The molecule has 0 amide bonds. The Morgan fingerprint density at radius 3 is 2.83 bits per heavy atom. The molecular formula is C20H23N5O4. The Balaban J connectivity index is 1.38. The highest BCUT2D eigenvalue weighted by atomic mass is 16.6. The van der Waals surface area contributed by atoms with Crippen LogP contribution in [0.5, 0.6) is 0 Å². The summed E-state index contributed by atoms with van der Waals surface area (Å²) < 4.78 is 7.17. The van der Waals surface area contributed by atoms with E-state index in [0.29, 0.717) is 22.9 Å². The molecule has 5 rings (SSSR count). The van der Waals surface area contributed by atoms with E-state index in [4.69, 9.17) is 4.74 Å². The Morgan fingerprint density at radius 2 is 2.00 bits per heavy atom. The summed E-state index contributed by atoms with van der Waals surface area (Å²) in [6.45, 7) is 0.357. The first kappa shape index (κ1) is 18.4. The SMILES string of the molecule is OC[C@H]1O[C@@H](n2cnc3c(NCC4CCc5ccccc54)ncnc32)C(O)C1O. The monoisotopic (exact) mass is 397 g/mol. The van der Waals surface area contributed by atoms with Gasteiger partial charge in [-0.2, -0.15) is 0 Å². The molecule has 1 aromatic carbocycles.